The van der Waals surface area contributed by atoms with Crippen LogP contribution in [-0.4, -0.2) is 14.3 Å². The van der Waals surface area contributed by atoms with Crippen molar-refractivity contribution in [1.82, 2.24) is 16.2 Å². The van der Waals surface area contributed by atoms with E-state index >= 15 is 0 Å². The Hall–Kier alpha value is -3.24. The van der Waals surface area contributed by atoms with E-state index < -0.39 is 15.7 Å². The third kappa shape index (κ3) is 3.93. The molecule has 2 heterocycles. The van der Waals surface area contributed by atoms with Gasteiger partial charge in [0.05, 0.1) is 24.4 Å². The van der Waals surface area contributed by atoms with Crippen molar-refractivity contribution < 1.29 is 21.8 Å². The fraction of sp³-hybridized carbons (Fsp3) is 0.444. The lowest BCUT2D eigenvalue weighted by Gasteiger charge is -2.45. The van der Waals surface area contributed by atoms with Crippen molar-refractivity contribution in [3.63, 3.8) is 0 Å². The highest BCUT2D eigenvalue weighted by atomic mass is 32.2. The van der Waals surface area contributed by atoms with Gasteiger partial charge in [-0.2, -0.15) is 13.6 Å². The molecule has 0 fully saturated rings. The molecule has 0 aromatic carbocycles. The maximum absolute atomic E-state index is 13.2. The molecule has 0 saturated carbocycles. The van der Waals surface area contributed by atoms with Gasteiger partial charge in [-0.05, 0) is 81.2 Å². The number of hydrazine groups is 1. The van der Waals surface area contributed by atoms with Crippen LogP contribution in [0.3, 0.4) is 0 Å². The second-order valence-corrected chi connectivity index (χ2v) is 11.7. The van der Waals surface area contributed by atoms with Gasteiger partial charge in [0.25, 0.3) is 0 Å². The normalized spacial score (nSPS) is 26.7. The van der Waals surface area contributed by atoms with Gasteiger partial charge in [-0.1, -0.05) is 18.1 Å². The topological polar surface area (TPSA) is 136 Å². The van der Waals surface area contributed by atoms with Gasteiger partial charge in [0, 0.05) is 22.3 Å². The lowest BCUT2D eigenvalue weighted by Crippen LogP contribution is -2.46. The molecule has 1 aromatic heterocycles. The highest BCUT2D eigenvalue weighted by molar-refractivity contribution is 7.84. The van der Waals surface area contributed by atoms with Crippen LogP contribution in [0.1, 0.15) is 64.6 Å². The van der Waals surface area contributed by atoms with Gasteiger partial charge in [0.15, 0.2) is 0 Å². The summed E-state index contributed by atoms with van der Waals surface area (Å²) in [6, 6.07) is 3.64. The molecule has 37 heavy (non-hydrogen) atoms. The van der Waals surface area contributed by atoms with Gasteiger partial charge in [0.1, 0.15) is 11.5 Å². The molecule has 0 bridgehead atoms. The quantitative estimate of drug-likeness (QED) is 0.446. The summed E-state index contributed by atoms with van der Waals surface area (Å²) in [5.74, 6) is 0.751. The number of nitrogens with one attached hydrogen (secondary N) is 3. The Kier molecular flexibility index (Phi) is 5.65. The first kappa shape index (κ1) is 24.1. The number of nitrogens with two attached hydrogens (primary N) is 1. The molecular weight excluding hydrogens is 492 g/mol. The van der Waals surface area contributed by atoms with E-state index in [-0.39, 0.29) is 11.8 Å². The second kappa shape index (κ2) is 8.66. The lowest BCUT2D eigenvalue weighted by molar-refractivity contribution is -0.124. The van der Waals surface area contributed by atoms with Crippen molar-refractivity contribution in [2.45, 2.75) is 65.3 Å². The smallest absolute Gasteiger partial charge is 0.380 e. The van der Waals surface area contributed by atoms with E-state index in [1.54, 1.807) is 12.3 Å². The number of furan rings is 1. The molecule has 2 unspecified atom stereocenters. The molecule has 196 valence electrons. The summed E-state index contributed by atoms with van der Waals surface area (Å²) in [4.78, 5) is 13.2. The molecular formula is C27H32N4O5S. The highest BCUT2D eigenvalue weighted by Crippen LogP contribution is 2.57. The van der Waals surface area contributed by atoms with E-state index in [1.807, 2.05) is 12.1 Å². The van der Waals surface area contributed by atoms with Crippen LogP contribution in [0.4, 0.5) is 0 Å². The molecule has 10 heteroatoms. The van der Waals surface area contributed by atoms with Crippen LogP contribution in [-0.2, 0) is 25.8 Å². The van der Waals surface area contributed by atoms with Crippen molar-refractivity contribution in [3.8, 4) is 0 Å². The fourth-order valence-corrected chi connectivity index (χ4v) is 7.25. The molecule has 9 nitrogen and oxygen atoms in total. The first-order valence-corrected chi connectivity index (χ1v) is 14.4. The summed E-state index contributed by atoms with van der Waals surface area (Å²) in [6.45, 7) is 4.58. The minimum Gasteiger partial charge on any atom is -0.467 e. The third-order valence-corrected chi connectivity index (χ3v) is 8.84. The Morgan fingerprint density at radius 3 is 2.89 bits per heavy atom. The number of allylic oxidation sites excluding steroid dienone is 8. The zero-order valence-electron chi connectivity index (χ0n) is 21.1. The minimum absolute atomic E-state index is 0.0220. The van der Waals surface area contributed by atoms with Crippen LogP contribution >= 0.6 is 0 Å². The molecule has 1 aliphatic heterocycles. The maximum Gasteiger partial charge on any atom is 0.380 e. The summed E-state index contributed by atoms with van der Waals surface area (Å²) in [5.41, 5.74) is 14.8. The SMILES string of the molecule is CCC1=C2C(OS(N)(=O)=O)=CC3=C(NNC4=C3CC3=C4C(C(=O)NCc4ccco4)CC3)C2(C)CCC1. The fourth-order valence-electron chi connectivity index (χ4n) is 6.87. The predicted octanol–water partition coefficient (Wildman–Crippen LogP) is 3.64. The van der Waals surface area contributed by atoms with Gasteiger partial charge in [-0.3, -0.25) is 4.79 Å². The summed E-state index contributed by atoms with van der Waals surface area (Å²) < 4.78 is 34.9. The van der Waals surface area contributed by atoms with Crippen molar-refractivity contribution >= 4 is 16.2 Å². The van der Waals surface area contributed by atoms with Gasteiger partial charge in [-0.15, -0.1) is 0 Å². The number of fused-ring (bicyclic) bond motifs is 4. The van der Waals surface area contributed by atoms with Gasteiger partial charge in [0.2, 0.25) is 5.91 Å². The van der Waals surface area contributed by atoms with E-state index in [0.717, 1.165) is 78.6 Å². The van der Waals surface area contributed by atoms with E-state index in [4.69, 9.17) is 13.7 Å². The highest BCUT2D eigenvalue weighted by Gasteiger charge is 2.48. The molecule has 4 aliphatic carbocycles. The van der Waals surface area contributed by atoms with E-state index in [0.29, 0.717) is 18.1 Å². The number of carbonyl (C=O) groups is 1. The monoisotopic (exact) mass is 524 g/mol. The first-order chi connectivity index (χ1) is 17.7. The summed E-state index contributed by atoms with van der Waals surface area (Å²) in [6.07, 6.45) is 9.33. The zero-order valence-corrected chi connectivity index (χ0v) is 21.9. The average Bonchev–Trinajstić information content (AvgIpc) is 3.58. The number of carbonyl (C=O) groups excluding carboxylic acids is 1. The largest absolute Gasteiger partial charge is 0.467 e. The van der Waals surface area contributed by atoms with E-state index in [9.17, 15) is 13.2 Å². The maximum atomic E-state index is 13.2. The summed E-state index contributed by atoms with van der Waals surface area (Å²) in [7, 11) is -4.20. The molecule has 5 N–H and O–H groups in total. The van der Waals surface area contributed by atoms with Crippen molar-refractivity contribution in [3.05, 3.63) is 80.8 Å². The molecule has 1 aromatic rings. The van der Waals surface area contributed by atoms with Crippen molar-refractivity contribution in [1.29, 1.82) is 0 Å². The molecule has 5 aliphatic rings. The van der Waals surface area contributed by atoms with E-state index in [2.05, 4.69) is 30.0 Å². The van der Waals surface area contributed by atoms with Crippen molar-refractivity contribution in [2.75, 3.05) is 0 Å². The lowest BCUT2D eigenvalue weighted by atomic mass is 9.64. The number of rotatable bonds is 6. The minimum atomic E-state index is -4.20. The third-order valence-electron chi connectivity index (χ3n) is 8.43. The van der Waals surface area contributed by atoms with Crippen LogP contribution in [0.25, 0.3) is 0 Å². The molecule has 0 spiro atoms. The Balaban J connectivity index is 1.38. The van der Waals surface area contributed by atoms with Crippen LogP contribution in [0.2, 0.25) is 0 Å². The molecule has 2 atom stereocenters. The first-order valence-electron chi connectivity index (χ1n) is 12.9. The van der Waals surface area contributed by atoms with Gasteiger partial charge < -0.3 is 24.8 Å². The Morgan fingerprint density at radius 2 is 2.16 bits per heavy atom. The molecule has 0 saturated heterocycles. The van der Waals surface area contributed by atoms with Crippen LogP contribution < -0.4 is 21.3 Å². The van der Waals surface area contributed by atoms with Crippen molar-refractivity contribution in [2.24, 2.45) is 16.5 Å². The Bertz CT molecular complexity index is 1440. The van der Waals surface area contributed by atoms with Gasteiger partial charge in [-0.25, -0.2) is 0 Å². The van der Waals surface area contributed by atoms with Crippen LogP contribution in [0.15, 0.2) is 79.5 Å². The standard InChI is InChI=1S/C27H32N4O5S/c1-3-15-6-4-10-27(2)23(15)21(36-37(28,33)34)13-20-19-12-16-8-9-18(22(16)24(19)30-31-25(20)27)26(32)29-14-17-7-5-11-35-17/h5,7,11,13,18,30-31H,3-4,6,8-10,12,14H2,1-2H3,(H,29,32)(H2,28,33,34). The Morgan fingerprint density at radius 1 is 1.32 bits per heavy atom. The zero-order chi connectivity index (χ0) is 25.9. The molecule has 6 rings (SSSR count). The van der Waals surface area contributed by atoms with Crippen LogP contribution in [0, 0.1) is 11.3 Å². The second-order valence-electron chi connectivity index (χ2n) is 10.6. The number of amides is 1. The summed E-state index contributed by atoms with van der Waals surface area (Å²) in [5, 5.41) is 8.36. The molecule has 0 radical (unpaired) electrons. The number of hydrogen-bond acceptors (Lipinski definition) is 7. The number of hydrogen-bond donors (Lipinski definition) is 4. The predicted molar refractivity (Wildman–Crippen MR) is 137 cm³/mol. The van der Waals surface area contributed by atoms with E-state index in [1.165, 1.54) is 11.1 Å². The molecule has 1 amide bonds. The Labute approximate surface area is 216 Å². The average molecular weight is 525 g/mol. The van der Waals surface area contributed by atoms with Crippen LogP contribution in [0.5, 0.6) is 0 Å². The summed E-state index contributed by atoms with van der Waals surface area (Å²) >= 11 is 0. The van der Waals surface area contributed by atoms with Gasteiger partial charge >= 0.3 is 10.3 Å².